The van der Waals surface area contributed by atoms with Crippen LogP contribution in [0, 0.1) is 6.92 Å². The van der Waals surface area contributed by atoms with Crippen molar-refractivity contribution in [2.24, 2.45) is 0 Å². The van der Waals surface area contributed by atoms with Gasteiger partial charge in [0, 0.05) is 41.9 Å². The molecule has 0 saturated heterocycles. The number of fused-ring (bicyclic) bond motifs is 1. The molecule has 0 atom stereocenters. The topological polar surface area (TPSA) is 56.5 Å². The van der Waals surface area contributed by atoms with Gasteiger partial charge in [-0.2, -0.15) is 13.2 Å². The molecule has 33 heavy (non-hydrogen) atoms. The molecule has 3 aromatic heterocycles. The maximum Gasteiger partial charge on any atom is 0.389 e. The van der Waals surface area contributed by atoms with Gasteiger partial charge >= 0.3 is 6.18 Å². The standard InChI is InChI=1S/C25H22F3N3O2/c1-16-10-20(14-30-24(16)33-2)18-7-9-31-22(15-29-23(31)13-18)19-5-3-4-17(11-19)12-21(32)6-8-25(26,27)28/h3-5,7,9-11,13-15H,6,8,12H2,1-2H3. The Morgan fingerprint density at radius 3 is 2.58 bits per heavy atom. The lowest BCUT2D eigenvalue weighted by Gasteiger charge is -2.09. The third-order valence-corrected chi connectivity index (χ3v) is 5.38. The van der Waals surface area contributed by atoms with E-state index in [2.05, 4.69) is 9.97 Å². The second-order valence-electron chi connectivity index (χ2n) is 7.87. The average molecular weight is 453 g/mol. The van der Waals surface area contributed by atoms with Gasteiger partial charge in [0.25, 0.3) is 0 Å². The lowest BCUT2D eigenvalue weighted by molar-refractivity contribution is -0.143. The maximum atomic E-state index is 12.4. The molecule has 0 aliphatic carbocycles. The van der Waals surface area contributed by atoms with E-state index in [1.165, 1.54) is 0 Å². The lowest BCUT2D eigenvalue weighted by atomic mass is 10.0. The molecule has 0 bridgehead atoms. The van der Waals surface area contributed by atoms with Crippen LogP contribution >= 0.6 is 0 Å². The number of alkyl halides is 3. The molecular formula is C25H22F3N3O2. The summed E-state index contributed by atoms with van der Waals surface area (Å²) in [6, 6.07) is 13.2. The number of rotatable bonds is 7. The maximum absolute atomic E-state index is 12.4. The molecule has 0 unspecified atom stereocenters. The molecule has 0 aliphatic heterocycles. The summed E-state index contributed by atoms with van der Waals surface area (Å²) in [6.45, 7) is 1.93. The molecule has 170 valence electrons. The summed E-state index contributed by atoms with van der Waals surface area (Å²) in [5.41, 5.74) is 5.90. The van der Waals surface area contributed by atoms with E-state index in [1.54, 1.807) is 31.6 Å². The number of Topliss-reactive ketones (excluding diaryl/α,β-unsaturated/α-hetero) is 1. The fraction of sp³-hybridized carbons (Fsp3) is 0.240. The van der Waals surface area contributed by atoms with Gasteiger partial charge in [-0.25, -0.2) is 9.97 Å². The first kappa shape index (κ1) is 22.5. The van der Waals surface area contributed by atoms with Gasteiger partial charge < -0.3 is 4.74 Å². The zero-order valence-corrected chi connectivity index (χ0v) is 18.2. The van der Waals surface area contributed by atoms with Crippen molar-refractivity contribution >= 4 is 11.4 Å². The van der Waals surface area contributed by atoms with Crippen LogP contribution < -0.4 is 4.74 Å². The number of ether oxygens (including phenoxy) is 1. The smallest absolute Gasteiger partial charge is 0.389 e. The first-order valence-corrected chi connectivity index (χ1v) is 10.4. The van der Waals surface area contributed by atoms with E-state index in [0.29, 0.717) is 11.4 Å². The lowest BCUT2D eigenvalue weighted by Crippen LogP contribution is -2.12. The highest BCUT2D eigenvalue weighted by molar-refractivity contribution is 5.81. The molecule has 0 spiro atoms. The van der Waals surface area contributed by atoms with Crippen LogP contribution in [0.4, 0.5) is 13.2 Å². The first-order chi connectivity index (χ1) is 15.7. The monoisotopic (exact) mass is 453 g/mol. The second kappa shape index (κ2) is 9.05. The Balaban J connectivity index is 1.57. The number of methoxy groups -OCH3 is 1. The zero-order chi connectivity index (χ0) is 23.6. The van der Waals surface area contributed by atoms with Crippen LogP contribution in [0.1, 0.15) is 24.0 Å². The van der Waals surface area contributed by atoms with Crippen molar-refractivity contribution in [3.05, 3.63) is 72.2 Å². The predicted molar refractivity (Wildman–Crippen MR) is 119 cm³/mol. The summed E-state index contributed by atoms with van der Waals surface area (Å²) >= 11 is 0. The summed E-state index contributed by atoms with van der Waals surface area (Å²) in [5, 5.41) is 0. The number of hydrogen-bond acceptors (Lipinski definition) is 4. The van der Waals surface area contributed by atoms with E-state index in [4.69, 9.17) is 4.74 Å². The van der Waals surface area contributed by atoms with Crippen LogP contribution in [0.25, 0.3) is 28.0 Å². The number of benzene rings is 1. The minimum absolute atomic E-state index is 0.0331. The molecule has 5 nitrogen and oxygen atoms in total. The molecule has 4 rings (SSSR count). The summed E-state index contributed by atoms with van der Waals surface area (Å²) in [6.07, 6.45) is -0.562. The van der Waals surface area contributed by atoms with E-state index in [0.717, 1.165) is 33.6 Å². The number of aromatic nitrogens is 3. The third-order valence-electron chi connectivity index (χ3n) is 5.38. The highest BCUT2D eigenvalue weighted by atomic mass is 19.4. The predicted octanol–water partition coefficient (Wildman–Crippen LogP) is 5.83. The minimum Gasteiger partial charge on any atom is -0.481 e. The molecule has 4 aromatic rings. The van der Waals surface area contributed by atoms with E-state index in [-0.39, 0.29) is 6.42 Å². The Morgan fingerprint density at radius 1 is 1.03 bits per heavy atom. The van der Waals surface area contributed by atoms with Gasteiger partial charge in [0.1, 0.15) is 11.4 Å². The van der Waals surface area contributed by atoms with Crippen LogP contribution in [0.5, 0.6) is 5.88 Å². The average Bonchev–Trinajstić information content (AvgIpc) is 3.21. The highest BCUT2D eigenvalue weighted by Crippen LogP contribution is 2.28. The van der Waals surface area contributed by atoms with Crippen molar-refractivity contribution in [2.45, 2.75) is 32.4 Å². The fourth-order valence-corrected chi connectivity index (χ4v) is 3.75. The van der Waals surface area contributed by atoms with Crippen LogP contribution in [-0.4, -0.2) is 33.4 Å². The Bertz CT molecular complexity index is 1310. The number of ketones is 1. The van der Waals surface area contributed by atoms with Gasteiger partial charge in [-0.3, -0.25) is 9.20 Å². The molecule has 0 radical (unpaired) electrons. The van der Waals surface area contributed by atoms with Crippen LogP contribution in [-0.2, 0) is 11.2 Å². The Kier molecular flexibility index (Phi) is 6.18. The number of aryl methyl sites for hydroxylation is 1. The van der Waals surface area contributed by atoms with Crippen molar-refractivity contribution in [1.82, 2.24) is 14.4 Å². The number of carbonyl (C=O) groups excluding carboxylic acids is 1. The Labute approximate surface area is 188 Å². The normalized spacial score (nSPS) is 11.7. The number of carbonyl (C=O) groups is 1. The number of nitrogens with zero attached hydrogens (tertiary/aromatic N) is 3. The van der Waals surface area contributed by atoms with E-state index in [9.17, 15) is 18.0 Å². The number of halogens is 3. The number of imidazole rings is 1. The summed E-state index contributed by atoms with van der Waals surface area (Å²) in [4.78, 5) is 20.8. The molecule has 0 saturated carbocycles. The van der Waals surface area contributed by atoms with Crippen LogP contribution in [0.15, 0.2) is 61.1 Å². The molecule has 8 heteroatoms. The van der Waals surface area contributed by atoms with Crippen molar-refractivity contribution in [3.8, 4) is 28.3 Å². The van der Waals surface area contributed by atoms with Gasteiger partial charge in [-0.15, -0.1) is 0 Å². The van der Waals surface area contributed by atoms with Crippen molar-refractivity contribution in [3.63, 3.8) is 0 Å². The molecule has 3 heterocycles. The number of pyridine rings is 2. The zero-order valence-electron chi connectivity index (χ0n) is 18.2. The van der Waals surface area contributed by atoms with Crippen molar-refractivity contribution in [2.75, 3.05) is 7.11 Å². The van der Waals surface area contributed by atoms with Crippen LogP contribution in [0.3, 0.4) is 0 Å². The first-order valence-electron chi connectivity index (χ1n) is 10.4. The van der Waals surface area contributed by atoms with E-state index >= 15 is 0 Å². The van der Waals surface area contributed by atoms with Crippen LogP contribution in [0.2, 0.25) is 0 Å². The summed E-state index contributed by atoms with van der Waals surface area (Å²) < 4.78 is 44.3. The van der Waals surface area contributed by atoms with Gasteiger partial charge in [0.05, 0.1) is 25.4 Å². The van der Waals surface area contributed by atoms with Gasteiger partial charge in [-0.1, -0.05) is 18.2 Å². The second-order valence-corrected chi connectivity index (χ2v) is 7.87. The SMILES string of the molecule is COc1ncc(-c2ccn3c(-c4cccc(CC(=O)CCC(F)(F)F)c4)cnc3c2)cc1C. The molecular weight excluding hydrogens is 431 g/mol. The molecule has 1 aromatic carbocycles. The number of hydrogen-bond donors (Lipinski definition) is 0. The summed E-state index contributed by atoms with van der Waals surface area (Å²) in [5.74, 6) is 0.148. The van der Waals surface area contributed by atoms with E-state index < -0.39 is 24.8 Å². The van der Waals surface area contributed by atoms with Gasteiger partial charge in [0.2, 0.25) is 5.88 Å². The molecule has 0 aliphatic rings. The Hall–Kier alpha value is -3.68. The molecule has 0 amide bonds. The van der Waals surface area contributed by atoms with Crippen molar-refractivity contribution < 1.29 is 22.7 Å². The molecule has 0 fully saturated rings. The minimum atomic E-state index is -4.33. The quantitative estimate of drug-likeness (QED) is 0.353. The van der Waals surface area contributed by atoms with Gasteiger partial charge in [0.15, 0.2) is 0 Å². The highest BCUT2D eigenvalue weighted by Gasteiger charge is 2.27. The Morgan fingerprint density at radius 2 is 1.85 bits per heavy atom. The third kappa shape index (κ3) is 5.22. The van der Waals surface area contributed by atoms with E-state index in [1.807, 2.05) is 47.9 Å². The van der Waals surface area contributed by atoms with Gasteiger partial charge in [-0.05, 0) is 42.3 Å². The fourth-order valence-electron chi connectivity index (χ4n) is 3.75. The van der Waals surface area contributed by atoms with Crippen molar-refractivity contribution in [1.29, 1.82) is 0 Å². The molecule has 0 N–H and O–H groups in total. The summed E-state index contributed by atoms with van der Waals surface area (Å²) in [7, 11) is 1.58. The largest absolute Gasteiger partial charge is 0.481 e.